The van der Waals surface area contributed by atoms with Crippen LogP contribution in [0.4, 0.5) is 4.39 Å². The van der Waals surface area contributed by atoms with Gasteiger partial charge in [0.2, 0.25) is 0 Å². The number of benzene rings is 1. The normalized spacial score (nSPS) is 32.5. The second kappa shape index (κ2) is 5.18. The molecule has 3 unspecified atom stereocenters. The average molecular weight is 271 g/mol. The molecule has 0 saturated heterocycles. The Bertz CT molecular complexity index is 435. The summed E-state index contributed by atoms with van der Waals surface area (Å²) in [6.45, 7) is 4.22. The Morgan fingerprint density at radius 1 is 1.44 bits per heavy atom. The lowest BCUT2D eigenvalue weighted by Crippen LogP contribution is -2.45. The van der Waals surface area contributed by atoms with Crippen molar-refractivity contribution in [2.45, 2.75) is 45.1 Å². The molecule has 3 atom stereocenters. The molecule has 1 saturated carbocycles. The van der Waals surface area contributed by atoms with Crippen LogP contribution in [0.15, 0.2) is 18.2 Å². The minimum atomic E-state index is -0.802. The number of hydrogen-bond donors (Lipinski definition) is 1. The van der Waals surface area contributed by atoms with Crippen molar-refractivity contribution in [1.82, 2.24) is 0 Å². The zero-order valence-electron chi connectivity index (χ0n) is 10.9. The van der Waals surface area contributed by atoms with E-state index in [0.717, 1.165) is 19.3 Å². The molecule has 1 N–H and O–H groups in total. The standard InChI is InChI=1S/C15H20ClFO/c1-10-5-4-8-15(18,11(10)2)9-12-6-3-7-13(16)14(12)17/h3,6-7,10-11,18H,4-5,8-9H2,1-2H3. The van der Waals surface area contributed by atoms with Gasteiger partial charge in [0, 0.05) is 6.42 Å². The maximum atomic E-state index is 13.9. The fourth-order valence-electron chi connectivity index (χ4n) is 3.00. The van der Waals surface area contributed by atoms with Gasteiger partial charge in [-0.15, -0.1) is 0 Å². The van der Waals surface area contributed by atoms with Gasteiger partial charge in [0.25, 0.3) is 0 Å². The van der Waals surface area contributed by atoms with Gasteiger partial charge in [0.15, 0.2) is 0 Å². The summed E-state index contributed by atoms with van der Waals surface area (Å²) in [5, 5.41) is 10.9. The third-order valence-electron chi connectivity index (χ3n) is 4.50. The van der Waals surface area contributed by atoms with Crippen LogP contribution < -0.4 is 0 Å². The fraction of sp³-hybridized carbons (Fsp3) is 0.600. The molecular formula is C15H20ClFO. The summed E-state index contributed by atoms with van der Waals surface area (Å²) in [6.07, 6.45) is 3.24. The maximum absolute atomic E-state index is 13.9. The summed E-state index contributed by atoms with van der Waals surface area (Å²) >= 11 is 5.79. The molecule has 0 bridgehead atoms. The lowest BCUT2D eigenvalue weighted by atomic mass is 9.68. The highest BCUT2D eigenvalue weighted by molar-refractivity contribution is 6.30. The predicted molar refractivity (Wildman–Crippen MR) is 72.2 cm³/mol. The Hall–Kier alpha value is -0.600. The summed E-state index contributed by atoms with van der Waals surface area (Å²) in [6, 6.07) is 4.99. The SMILES string of the molecule is CC1CCCC(O)(Cc2cccc(Cl)c2F)C1C. The summed E-state index contributed by atoms with van der Waals surface area (Å²) in [5.41, 5.74) is -0.283. The van der Waals surface area contributed by atoms with E-state index in [4.69, 9.17) is 11.6 Å². The third-order valence-corrected chi connectivity index (χ3v) is 4.79. The van der Waals surface area contributed by atoms with Gasteiger partial charge in [-0.05, 0) is 29.9 Å². The van der Waals surface area contributed by atoms with Crippen LogP contribution in [-0.2, 0) is 6.42 Å². The first-order valence-electron chi connectivity index (χ1n) is 6.59. The first kappa shape index (κ1) is 13.8. The highest BCUT2D eigenvalue weighted by atomic mass is 35.5. The first-order valence-corrected chi connectivity index (χ1v) is 6.97. The molecule has 1 fully saturated rings. The Morgan fingerprint density at radius 3 is 2.89 bits per heavy atom. The number of hydrogen-bond acceptors (Lipinski definition) is 1. The van der Waals surface area contributed by atoms with Crippen LogP contribution in [0.3, 0.4) is 0 Å². The highest BCUT2D eigenvalue weighted by Crippen LogP contribution is 2.40. The molecular weight excluding hydrogens is 251 g/mol. The highest BCUT2D eigenvalue weighted by Gasteiger charge is 2.40. The predicted octanol–water partition coefficient (Wildman–Crippen LogP) is 4.21. The van der Waals surface area contributed by atoms with E-state index in [1.807, 2.05) is 0 Å². The van der Waals surface area contributed by atoms with E-state index >= 15 is 0 Å². The van der Waals surface area contributed by atoms with Crippen LogP contribution in [0.1, 0.15) is 38.7 Å². The van der Waals surface area contributed by atoms with Gasteiger partial charge in [-0.25, -0.2) is 4.39 Å². The van der Waals surface area contributed by atoms with Crippen LogP contribution in [0.2, 0.25) is 5.02 Å². The quantitative estimate of drug-likeness (QED) is 0.854. The summed E-state index contributed by atoms with van der Waals surface area (Å²) in [4.78, 5) is 0. The maximum Gasteiger partial charge on any atom is 0.145 e. The fourth-order valence-corrected chi connectivity index (χ4v) is 3.20. The molecule has 0 aromatic heterocycles. The van der Waals surface area contributed by atoms with Crippen molar-refractivity contribution < 1.29 is 9.50 Å². The molecule has 2 rings (SSSR count). The molecule has 1 nitrogen and oxygen atoms in total. The van der Waals surface area contributed by atoms with Crippen LogP contribution in [0.25, 0.3) is 0 Å². The Morgan fingerprint density at radius 2 is 2.17 bits per heavy atom. The molecule has 18 heavy (non-hydrogen) atoms. The Labute approximate surface area is 113 Å². The third kappa shape index (κ3) is 2.55. The lowest BCUT2D eigenvalue weighted by Gasteiger charge is -2.42. The number of halogens is 2. The Kier molecular flexibility index (Phi) is 3.98. The van der Waals surface area contributed by atoms with Gasteiger partial charge in [0.1, 0.15) is 5.82 Å². The van der Waals surface area contributed by atoms with E-state index in [0.29, 0.717) is 17.9 Å². The molecule has 3 heteroatoms. The lowest BCUT2D eigenvalue weighted by molar-refractivity contribution is -0.0625. The van der Waals surface area contributed by atoms with Crippen molar-refractivity contribution in [1.29, 1.82) is 0 Å². The second-order valence-corrected chi connectivity index (χ2v) is 6.06. The summed E-state index contributed by atoms with van der Waals surface area (Å²) < 4.78 is 13.9. The van der Waals surface area contributed by atoms with Gasteiger partial charge < -0.3 is 5.11 Å². The largest absolute Gasteiger partial charge is 0.389 e. The monoisotopic (exact) mass is 270 g/mol. The summed E-state index contributed by atoms with van der Waals surface area (Å²) in [7, 11) is 0. The number of rotatable bonds is 2. The molecule has 0 amide bonds. The Balaban J connectivity index is 2.24. The summed E-state index contributed by atoms with van der Waals surface area (Å²) in [5.74, 6) is 0.272. The van der Waals surface area contributed by atoms with E-state index < -0.39 is 11.4 Å². The van der Waals surface area contributed by atoms with E-state index in [9.17, 15) is 9.50 Å². The minimum absolute atomic E-state index is 0.132. The van der Waals surface area contributed by atoms with Crippen molar-refractivity contribution >= 4 is 11.6 Å². The van der Waals surface area contributed by atoms with Gasteiger partial charge in [0.05, 0.1) is 10.6 Å². The van der Waals surface area contributed by atoms with Crippen molar-refractivity contribution in [3.05, 3.63) is 34.6 Å². The molecule has 1 aromatic carbocycles. The first-order chi connectivity index (χ1) is 8.44. The van der Waals surface area contributed by atoms with Gasteiger partial charge in [-0.3, -0.25) is 0 Å². The van der Waals surface area contributed by atoms with Crippen LogP contribution >= 0.6 is 11.6 Å². The minimum Gasteiger partial charge on any atom is -0.389 e. The van der Waals surface area contributed by atoms with Crippen molar-refractivity contribution in [3.8, 4) is 0 Å². The molecule has 1 aliphatic rings. The van der Waals surface area contributed by atoms with Crippen LogP contribution in [0, 0.1) is 17.7 Å². The van der Waals surface area contributed by atoms with Crippen molar-refractivity contribution in [2.75, 3.05) is 0 Å². The smallest absolute Gasteiger partial charge is 0.145 e. The molecule has 0 radical (unpaired) electrons. The average Bonchev–Trinajstić information content (AvgIpc) is 2.32. The van der Waals surface area contributed by atoms with Crippen molar-refractivity contribution in [3.63, 3.8) is 0 Å². The molecule has 0 spiro atoms. The van der Waals surface area contributed by atoms with Crippen molar-refractivity contribution in [2.24, 2.45) is 11.8 Å². The number of aliphatic hydroxyl groups is 1. The van der Waals surface area contributed by atoms with E-state index in [1.54, 1.807) is 12.1 Å². The van der Waals surface area contributed by atoms with Gasteiger partial charge >= 0.3 is 0 Å². The molecule has 1 aromatic rings. The molecule has 0 aliphatic heterocycles. The second-order valence-electron chi connectivity index (χ2n) is 5.65. The van der Waals surface area contributed by atoms with E-state index in [1.165, 1.54) is 6.07 Å². The topological polar surface area (TPSA) is 20.2 Å². The zero-order valence-corrected chi connectivity index (χ0v) is 11.7. The van der Waals surface area contributed by atoms with Gasteiger partial charge in [-0.1, -0.05) is 50.4 Å². The molecule has 0 heterocycles. The molecule has 100 valence electrons. The van der Waals surface area contributed by atoms with Gasteiger partial charge in [-0.2, -0.15) is 0 Å². The van der Waals surface area contributed by atoms with Crippen LogP contribution in [-0.4, -0.2) is 10.7 Å². The van der Waals surface area contributed by atoms with Crippen LogP contribution in [0.5, 0.6) is 0 Å². The zero-order chi connectivity index (χ0) is 13.3. The van der Waals surface area contributed by atoms with E-state index in [2.05, 4.69) is 13.8 Å². The van der Waals surface area contributed by atoms with E-state index in [-0.39, 0.29) is 10.9 Å². The molecule has 1 aliphatic carbocycles.